The number of rotatable bonds is 9. The van der Waals surface area contributed by atoms with Gasteiger partial charge in [0.05, 0.1) is 13.2 Å². The molecule has 1 aromatic carbocycles. The Morgan fingerprint density at radius 3 is 2.92 bits per heavy atom. The highest BCUT2D eigenvalue weighted by Gasteiger charge is 2.19. The van der Waals surface area contributed by atoms with Crippen LogP contribution < -0.4 is 4.74 Å². The van der Waals surface area contributed by atoms with Crippen molar-refractivity contribution in [3.05, 3.63) is 46.8 Å². The molecule has 6 nitrogen and oxygen atoms in total. The summed E-state index contributed by atoms with van der Waals surface area (Å²) < 4.78 is 5.56. The van der Waals surface area contributed by atoms with Crippen molar-refractivity contribution in [1.29, 1.82) is 0 Å². The summed E-state index contributed by atoms with van der Waals surface area (Å²) in [5, 5.41) is 14.2. The van der Waals surface area contributed by atoms with Crippen LogP contribution in [0.1, 0.15) is 49.6 Å². The standard InChI is InChI=1S/C19H25N5O/c1-3-4-5-6-15-9-10-20-17(15)13-16-11-14(7-8-18(16)25-2)12-19-21-23-24-22-19/h7-11,17H,3-6,12-13H2,1-2H3,(H,21,22,23,24). The summed E-state index contributed by atoms with van der Waals surface area (Å²) in [7, 11) is 1.72. The van der Waals surface area contributed by atoms with Crippen molar-refractivity contribution in [3.8, 4) is 5.75 Å². The van der Waals surface area contributed by atoms with Crippen LogP contribution in [0.4, 0.5) is 0 Å². The molecule has 1 aromatic heterocycles. The predicted octanol–water partition coefficient (Wildman–Crippen LogP) is 3.30. The number of hydrogen-bond acceptors (Lipinski definition) is 5. The molecule has 2 aromatic rings. The van der Waals surface area contributed by atoms with Gasteiger partial charge < -0.3 is 4.74 Å². The summed E-state index contributed by atoms with van der Waals surface area (Å²) in [5.74, 6) is 1.60. The molecular formula is C19H25N5O. The molecule has 0 spiro atoms. The van der Waals surface area contributed by atoms with Crippen LogP contribution in [0.5, 0.6) is 5.75 Å². The Balaban J connectivity index is 1.71. The summed E-state index contributed by atoms with van der Waals surface area (Å²) in [6.45, 7) is 2.23. The Bertz CT molecular complexity index is 736. The summed E-state index contributed by atoms with van der Waals surface area (Å²) in [5.41, 5.74) is 3.75. The molecule has 1 unspecified atom stereocenters. The second kappa shape index (κ2) is 8.55. The average Bonchev–Trinajstić information content (AvgIpc) is 3.28. The van der Waals surface area contributed by atoms with Gasteiger partial charge in [-0.1, -0.05) is 37.1 Å². The second-order valence-electron chi connectivity index (χ2n) is 6.37. The van der Waals surface area contributed by atoms with Crippen molar-refractivity contribution >= 4 is 6.21 Å². The molecular weight excluding hydrogens is 314 g/mol. The van der Waals surface area contributed by atoms with Gasteiger partial charge in [-0.25, -0.2) is 0 Å². The van der Waals surface area contributed by atoms with E-state index in [1.54, 1.807) is 7.11 Å². The van der Waals surface area contributed by atoms with Gasteiger partial charge in [-0.2, -0.15) is 5.21 Å². The molecule has 1 atom stereocenters. The minimum Gasteiger partial charge on any atom is -0.496 e. The maximum absolute atomic E-state index is 5.56. The van der Waals surface area contributed by atoms with E-state index in [0.717, 1.165) is 24.2 Å². The quantitative estimate of drug-likeness (QED) is 0.711. The van der Waals surface area contributed by atoms with Crippen LogP contribution in [0.15, 0.2) is 34.8 Å². The maximum Gasteiger partial charge on any atom is 0.178 e. The Kier molecular flexibility index (Phi) is 5.93. The molecule has 3 rings (SSSR count). The van der Waals surface area contributed by atoms with Gasteiger partial charge in [-0.15, -0.1) is 10.2 Å². The normalized spacial score (nSPS) is 16.2. The summed E-state index contributed by atoms with van der Waals surface area (Å²) in [4.78, 5) is 4.66. The number of nitrogens with one attached hydrogen (secondary N) is 1. The zero-order chi connectivity index (χ0) is 17.5. The lowest BCUT2D eigenvalue weighted by Crippen LogP contribution is -2.11. The lowest BCUT2D eigenvalue weighted by atomic mass is 9.94. The lowest BCUT2D eigenvalue weighted by Gasteiger charge is -2.16. The minimum atomic E-state index is 0.228. The Labute approximate surface area is 148 Å². The molecule has 1 aliphatic rings. The highest BCUT2D eigenvalue weighted by Crippen LogP contribution is 2.28. The third-order valence-corrected chi connectivity index (χ3v) is 4.56. The number of nitrogens with zero attached hydrogens (tertiary/aromatic N) is 4. The van der Waals surface area contributed by atoms with Crippen molar-refractivity contribution in [3.63, 3.8) is 0 Å². The number of ether oxygens (including phenoxy) is 1. The third-order valence-electron chi connectivity index (χ3n) is 4.56. The summed E-state index contributed by atoms with van der Waals surface area (Å²) in [6.07, 6.45) is 10.5. The fourth-order valence-corrected chi connectivity index (χ4v) is 3.21. The van der Waals surface area contributed by atoms with Crippen LogP contribution in [0.25, 0.3) is 0 Å². The van der Waals surface area contributed by atoms with Crippen LogP contribution in [0.2, 0.25) is 0 Å². The van der Waals surface area contributed by atoms with Crippen molar-refractivity contribution in [2.45, 2.75) is 51.5 Å². The van der Waals surface area contributed by atoms with E-state index in [2.05, 4.69) is 50.7 Å². The van der Waals surface area contributed by atoms with E-state index in [9.17, 15) is 0 Å². The van der Waals surface area contributed by atoms with Gasteiger partial charge in [0.1, 0.15) is 5.75 Å². The van der Waals surface area contributed by atoms with Gasteiger partial charge >= 0.3 is 0 Å². The Morgan fingerprint density at radius 2 is 2.16 bits per heavy atom. The van der Waals surface area contributed by atoms with Crippen LogP contribution in [-0.2, 0) is 12.8 Å². The zero-order valence-electron chi connectivity index (χ0n) is 14.9. The van der Waals surface area contributed by atoms with Crippen LogP contribution in [0.3, 0.4) is 0 Å². The fraction of sp³-hybridized carbons (Fsp3) is 0.474. The largest absolute Gasteiger partial charge is 0.496 e. The Morgan fingerprint density at radius 1 is 1.24 bits per heavy atom. The molecule has 0 radical (unpaired) electrons. The fourth-order valence-electron chi connectivity index (χ4n) is 3.21. The molecule has 1 aliphatic heterocycles. The smallest absolute Gasteiger partial charge is 0.178 e. The van der Waals surface area contributed by atoms with Crippen LogP contribution >= 0.6 is 0 Å². The topological polar surface area (TPSA) is 76.0 Å². The zero-order valence-corrected chi connectivity index (χ0v) is 14.9. The van der Waals surface area contributed by atoms with Crippen molar-refractivity contribution in [2.24, 2.45) is 4.99 Å². The number of aromatic nitrogens is 4. The number of tetrazole rings is 1. The molecule has 0 bridgehead atoms. The first-order valence-corrected chi connectivity index (χ1v) is 8.90. The SMILES string of the molecule is CCCCCC1=CC=NC1Cc1cc(Cc2nn[nH]n2)ccc1OC. The monoisotopic (exact) mass is 339 g/mol. The van der Waals surface area contributed by atoms with Gasteiger partial charge in [0.2, 0.25) is 0 Å². The lowest BCUT2D eigenvalue weighted by molar-refractivity contribution is 0.408. The van der Waals surface area contributed by atoms with Crippen molar-refractivity contribution in [2.75, 3.05) is 7.11 Å². The first kappa shape index (κ1) is 17.3. The van der Waals surface area contributed by atoms with Gasteiger partial charge in [0.25, 0.3) is 0 Å². The number of benzene rings is 1. The molecule has 132 valence electrons. The minimum absolute atomic E-state index is 0.228. The highest BCUT2D eigenvalue weighted by molar-refractivity contribution is 5.76. The van der Waals surface area contributed by atoms with Crippen LogP contribution in [0, 0.1) is 0 Å². The number of allylic oxidation sites excluding steroid dienone is 1. The molecule has 0 saturated carbocycles. The van der Waals surface area contributed by atoms with E-state index in [1.165, 1.54) is 30.4 Å². The molecule has 0 saturated heterocycles. The molecule has 1 N–H and O–H groups in total. The number of aromatic amines is 1. The summed E-state index contributed by atoms with van der Waals surface area (Å²) >= 11 is 0. The van der Waals surface area contributed by atoms with Gasteiger partial charge in [-0.3, -0.25) is 4.99 Å². The third kappa shape index (κ3) is 4.53. The van der Waals surface area contributed by atoms with E-state index >= 15 is 0 Å². The number of hydrogen-bond donors (Lipinski definition) is 1. The molecule has 0 aliphatic carbocycles. The van der Waals surface area contributed by atoms with Crippen molar-refractivity contribution in [1.82, 2.24) is 20.6 Å². The Hall–Kier alpha value is -2.50. The second-order valence-corrected chi connectivity index (χ2v) is 6.37. The summed E-state index contributed by atoms with van der Waals surface area (Å²) in [6, 6.07) is 6.47. The molecule has 0 fully saturated rings. The number of unbranched alkanes of at least 4 members (excludes halogenated alkanes) is 2. The van der Waals surface area contributed by atoms with Gasteiger partial charge in [-0.05, 0) is 41.7 Å². The maximum atomic E-state index is 5.56. The molecule has 2 heterocycles. The molecule has 0 amide bonds. The van der Waals surface area contributed by atoms with E-state index in [4.69, 9.17) is 4.74 Å². The van der Waals surface area contributed by atoms with Gasteiger partial charge in [0.15, 0.2) is 5.82 Å². The number of methoxy groups -OCH3 is 1. The van der Waals surface area contributed by atoms with E-state index in [1.807, 2.05) is 12.3 Å². The number of H-pyrrole nitrogens is 1. The molecule has 6 heteroatoms. The average molecular weight is 339 g/mol. The highest BCUT2D eigenvalue weighted by atomic mass is 16.5. The van der Waals surface area contributed by atoms with E-state index in [-0.39, 0.29) is 6.04 Å². The van der Waals surface area contributed by atoms with Gasteiger partial charge in [0, 0.05) is 19.1 Å². The first-order chi connectivity index (χ1) is 12.3. The molecule has 25 heavy (non-hydrogen) atoms. The van der Waals surface area contributed by atoms with Crippen LogP contribution in [-0.4, -0.2) is 40.0 Å². The van der Waals surface area contributed by atoms with E-state index in [0.29, 0.717) is 12.2 Å². The predicted molar refractivity (Wildman–Crippen MR) is 98.2 cm³/mol. The number of aliphatic imine (C=N–C) groups is 1. The van der Waals surface area contributed by atoms with Crippen molar-refractivity contribution < 1.29 is 4.74 Å². The van der Waals surface area contributed by atoms with E-state index < -0.39 is 0 Å². The first-order valence-electron chi connectivity index (χ1n) is 8.90.